The van der Waals surface area contributed by atoms with Crippen LogP contribution in [0.1, 0.15) is 6.92 Å². The third-order valence-electron chi connectivity index (χ3n) is 0.606. The first-order valence-corrected chi connectivity index (χ1v) is 5.30. The molecule has 7 heavy (non-hydrogen) atoms. The van der Waals surface area contributed by atoms with Gasteiger partial charge in [-0.15, -0.1) is 17.7 Å². The van der Waals surface area contributed by atoms with Gasteiger partial charge in [-0.3, -0.25) is 0 Å². The zero-order chi connectivity index (χ0) is 5.70. The van der Waals surface area contributed by atoms with Crippen molar-refractivity contribution >= 4 is 19.3 Å². The lowest BCUT2D eigenvalue weighted by Crippen LogP contribution is -2.25. The zero-order valence-corrected chi connectivity index (χ0v) is 6.36. The van der Waals surface area contributed by atoms with Gasteiger partial charge < -0.3 is 4.98 Å². The molecule has 0 aromatic carbocycles. The van der Waals surface area contributed by atoms with Crippen molar-refractivity contribution in [2.24, 2.45) is 0 Å². The lowest BCUT2D eigenvalue weighted by atomic mass is 10.8. The van der Waals surface area contributed by atoms with Crippen LogP contribution < -0.4 is 4.98 Å². The number of halogens is 1. The van der Waals surface area contributed by atoms with Gasteiger partial charge in [0, 0.05) is 0 Å². The van der Waals surface area contributed by atoms with Crippen molar-refractivity contribution in [3.8, 4) is 0 Å². The molecule has 0 aliphatic heterocycles. The Morgan fingerprint density at radius 1 is 2.00 bits per heavy atom. The summed E-state index contributed by atoms with van der Waals surface area (Å²) in [6, 6.07) is 0. The molecule has 0 aromatic heterocycles. The molecule has 42 valence electrons. The van der Waals surface area contributed by atoms with Crippen LogP contribution >= 0.6 is 11.1 Å². The Hall–Kier alpha value is 0.207. The highest BCUT2D eigenvalue weighted by atomic mass is 35.6. The van der Waals surface area contributed by atoms with Gasteiger partial charge in [0.2, 0.25) is 8.27 Å². The van der Waals surface area contributed by atoms with Crippen molar-refractivity contribution in [1.29, 1.82) is 0 Å². The number of hydrogen-bond donors (Lipinski definition) is 1. The maximum absolute atomic E-state index is 5.68. The normalized spacial score (nSPS) is 13.4. The van der Waals surface area contributed by atoms with Gasteiger partial charge in [-0.05, 0) is 6.54 Å². The van der Waals surface area contributed by atoms with Crippen LogP contribution in [0, 0.1) is 0 Å². The number of nitrogens with one attached hydrogen (secondary N) is 1. The molecule has 0 aliphatic carbocycles. The van der Waals surface area contributed by atoms with Crippen molar-refractivity contribution in [3.05, 3.63) is 12.3 Å². The van der Waals surface area contributed by atoms with Gasteiger partial charge in [0.25, 0.3) is 0 Å². The molecule has 1 atom stereocenters. The molecule has 0 saturated carbocycles. The largest absolute Gasteiger partial charge is 0.325 e. The van der Waals surface area contributed by atoms with Crippen LogP contribution in [0.5, 0.6) is 0 Å². The van der Waals surface area contributed by atoms with Crippen LogP contribution in [-0.2, 0) is 0 Å². The fourth-order valence-corrected chi connectivity index (χ4v) is 1.30. The monoisotopic (exact) mass is 135 g/mol. The molecule has 0 heterocycles. The van der Waals surface area contributed by atoms with Gasteiger partial charge in [-0.1, -0.05) is 12.6 Å². The predicted octanol–water partition coefficient (Wildman–Crippen LogP) is 0.780. The van der Waals surface area contributed by atoms with E-state index in [4.69, 9.17) is 11.1 Å². The minimum absolute atomic E-state index is 0.951. The molecule has 1 nitrogen and oxygen atoms in total. The molecule has 0 fully saturated rings. The fourth-order valence-electron chi connectivity index (χ4n) is 0.278. The second kappa shape index (κ2) is 4.37. The van der Waals surface area contributed by atoms with E-state index in [0.717, 1.165) is 6.54 Å². The summed E-state index contributed by atoms with van der Waals surface area (Å²) in [7, 11) is -1.20. The van der Waals surface area contributed by atoms with Gasteiger partial charge in [-0.25, -0.2) is 0 Å². The quantitative estimate of drug-likeness (QED) is 0.446. The van der Waals surface area contributed by atoms with E-state index in [1.807, 2.05) is 6.92 Å². The van der Waals surface area contributed by atoms with Crippen molar-refractivity contribution in [3.63, 3.8) is 0 Å². The van der Waals surface area contributed by atoms with E-state index >= 15 is 0 Å². The average molecular weight is 136 g/mol. The van der Waals surface area contributed by atoms with Crippen LogP contribution in [0.4, 0.5) is 0 Å². The number of rotatable bonds is 3. The second-order valence-corrected chi connectivity index (χ2v) is 4.29. The highest BCUT2D eigenvalue weighted by molar-refractivity contribution is 7.08. The van der Waals surface area contributed by atoms with E-state index in [9.17, 15) is 0 Å². The minimum atomic E-state index is -1.20. The van der Waals surface area contributed by atoms with Gasteiger partial charge >= 0.3 is 0 Å². The van der Waals surface area contributed by atoms with Crippen molar-refractivity contribution in [2.75, 3.05) is 6.54 Å². The Morgan fingerprint density at radius 2 is 2.57 bits per heavy atom. The topological polar surface area (TPSA) is 12.0 Å². The molecule has 0 aliphatic rings. The summed E-state index contributed by atoms with van der Waals surface area (Å²) in [5.41, 5.74) is 1.80. The van der Waals surface area contributed by atoms with Crippen LogP contribution in [0.25, 0.3) is 0 Å². The summed E-state index contributed by atoms with van der Waals surface area (Å²) < 4.78 is 0. The molecule has 1 unspecified atom stereocenters. The Morgan fingerprint density at radius 3 is 2.71 bits per heavy atom. The Balaban J connectivity index is 2.98. The van der Waals surface area contributed by atoms with Crippen molar-refractivity contribution < 1.29 is 0 Å². The molecule has 0 saturated heterocycles. The molecule has 0 radical (unpaired) electrons. The predicted molar refractivity (Wildman–Crippen MR) is 36.9 cm³/mol. The smallest absolute Gasteiger partial charge is 0.234 e. The Kier molecular flexibility index (Phi) is 4.50. The van der Waals surface area contributed by atoms with Gasteiger partial charge in [0.15, 0.2) is 0 Å². The lowest BCUT2D eigenvalue weighted by molar-refractivity contribution is 1.01. The standard InChI is InChI=1S/C4H10ClNSi/c1-3-6-7(5)4-2/h4,6-7H,2-3H2,1H3. The van der Waals surface area contributed by atoms with E-state index in [-0.39, 0.29) is 0 Å². The van der Waals surface area contributed by atoms with Crippen LogP contribution in [0.3, 0.4) is 0 Å². The van der Waals surface area contributed by atoms with E-state index < -0.39 is 8.27 Å². The fraction of sp³-hybridized carbons (Fsp3) is 0.500. The number of hydrogen-bond acceptors (Lipinski definition) is 1. The third kappa shape index (κ3) is 4.05. The Bertz CT molecular complexity index is 57.7. The zero-order valence-electron chi connectivity index (χ0n) is 4.45. The first kappa shape index (κ1) is 7.21. The minimum Gasteiger partial charge on any atom is -0.325 e. The first-order valence-electron chi connectivity index (χ1n) is 2.31. The molecular formula is C4H10ClNSi. The first-order chi connectivity index (χ1) is 3.31. The van der Waals surface area contributed by atoms with Crippen LogP contribution in [0.2, 0.25) is 0 Å². The van der Waals surface area contributed by atoms with Gasteiger partial charge in [0.1, 0.15) is 0 Å². The molecule has 1 N–H and O–H groups in total. The summed E-state index contributed by atoms with van der Waals surface area (Å²) in [5.74, 6) is 0. The van der Waals surface area contributed by atoms with Gasteiger partial charge in [-0.2, -0.15) is 0 Å². The van der Waals surface area contributed by atoms with Crippen molar-refractivity contribution in [2.45, 2.75) is 6.92 Å². The van der Waals surface area contributed by atoms with E-state index in [1.54, 1.807) is 5.70 Å². The molecule has 0 spiro atoms. The summed E-state index contributed by atoms with van der Waals surface area (Å²) >= 11 is 5.68. The third-order valence-corrected chi connectivity index (χ3v) is 2.82. The van der Waals surface area contributed by atoms with E-state index in [2.05, 4.69) is 11.6 Å². The molecule has 0 rings (SSSR count). The molecule has 0 amide bonds. The highest BCUT2D eigenvalue weighted by Gasteiger charge is 1.93. The van der Waals surface area contributed by atoms with E-state index in [0.29, 0.717) is 0 Å². The summed E-state index contributed by atoms with van der Waals surface area (Å²) in [6.07, 6.45) is 0. The molecule has 3 heteroatoms. The lowest BCUT2D eigenvalue weighted by Gasteiger charge is -1.97. The van der Waals surface area contributed by atoms with Crippen LogP contribution in [0.15, 0.2) is 12.3 Å². The summed E-state index contributed by atoms with van der Waals surface area (Å²) in [5, 5.41) is 0. The Labute approximate surface area is 50.8 Å². The molecular weight excluding hydrogens is 126 g/mol. The maximum atomic E-state index is 5.68. The SMILES string of the molecule is C=C[SiH](Cl)NCC. The summed E-state index contributed by atoms with van der Waals surface area (Å²) in [4.78, 5) is 3.08. The van der Waals surface area contributed by atoms with Crippen LogP contribution in [-0.4, -0.2) is 14.8 Å². The van der Waals surface area contributed by atoms with E-state index in [1.165, 1.54) is 0 Å². The van der Waals surface area contributed by atoms with Gasteiger partial charge in [0.05, 0.1) is 0 Å². The second-order valence-electron chi connectivity index (χ2n) is 1.20. The highest BCUT2D eigenvalue weighted by Crippen LogP contribution is 1.81. The summed E-state index contributed by atoms with van der Waals surface area (Å²) in [6.45, 7) is 6.53. The maximum Gasteiger partial charge on any atom is 0.234 e. The molecule has 0 aromatic rings. The molecule has 0 bridgehead atoms. The average Bonchev–Trinajstić information content (AvgIpc) is 1.68. The van der Waals surface area contributed by atoms with Crippen molar-refractivity contribution in [1.82, 2.24) is 4.98 Å².